The van der Waals surface area contributed by atoms with Gasteiger partial charge in [-0.2, -0.15) is 0 Å². The topological polar surface area (TPSA) is 0 Å². The summed E-state index contributed by atoms with van der Waals surface area (Å²) in [5.74, 6) is 0. The van der Waals surface area contributed by atoms with Gasteiger partial charge in [-0.15, -0.1) is 0 Å². The van der Waals surface area contributed by atoms with Gasteiger partial charge in [-0.25, -0.2) is 0 Å². The third kappa shape index (κ3) is 3.13. The number of hydrogen-bond acceptors (Lipinski definition) is 0. The lowest BCUT2D eigenvalue weighted by Crippen LogP contribution is -2.68. The van der Waals surface area contributed by atoms with Gasteiger partial charge >= 0.3 is 0 Å². The maximum absolute atomic E-state index is 2.50. The van der Waals surface area contributed by atoms with Crippen LogP contribution in [0.25, 0.3) is 0 Å². The fourth-order valence-corrected chi connectivity index (χ4v) is 9.63. The van der Waals surface area contributed by atoms with Gasteiger partial charge in [-0.3, -0.25) is 0 Å². The minimum Gasteiger partial charge on any atom is -0.0801 e. The smallest absolute Gasteiger partial charge is 0.0801 e. The second kappa shape index (κ2) is 7.94. The third-order valence-electron chi connectivity index (χ3n) is 5.58. The molecule has 0 saturated heterocycles. The second-order valence-electron chi connectivity index (χ2n) is 7.18. The summed E-state index contributed by atoms with van der Waals surface area (Å²) in [7, 11) is -2.30. The zero-order chi connectivity index (χ0) is 18.5. The van der Waals surface area contributed by atoms with E-state index in [4.69, 9.17) is 0 Å². The van der Waals surface area contributed by atoms with Gasteiger partial charge in [0.2, 0.25) is 0 Å². The SMILES string of the molecule is CCCC1=CCC=C1[Si](c1ccccc1)(c1ccccc1)c1ccccc1. The zero-order valence-electron chi connectivity index (χ0n) is 15.9. The summed E-state index contributed by atoms with van der Waals surface area (Å²) < 4.78 is 0. The van der Waals surface area contributed by atoms with E-state index >= 15 is 0 Å². The van der Waals surface area contributed by atoms with Gasteiger partial charge in [0.15, 0.2) is 8.07 Å². The molecule has 0 aromatic heterocycles. The Morgan fingerprint density at radius 3 is 1.48 bits per heavy atom. The lowest BCUT2D eigenvalue weighted by Gasteiger charge is -2.36. The van der Waals surface area contributed by atoms with Crippen molar-refractivity contribution in [1.82, 2.24) is 0 Å². The predicted octanol–water partition coefficient (Wildman–Crippen LogP) is 4.75. The molecule has 1 aliphatic rings. The molecular weight excluding hydrogens is 340 g/mol. The molecule has 4 rings (SSSR count). The van der Waals surface area contributed by atoms with Gasteiger partial charge in [0, 0.05) is 0 Å². The molecule has 3 aromatic carbocycles. The molecule has 0 spiro atoms. The lowest BCUT2D eigenvalue weighted by molar-refractivity contribution is 0.923. The highest BCUT2D eigenvalue weighted by Gasteiger charge is 2.44. The highest BCUT2D eigenvalue weighted by molar-refractivity contribution is 7.16. The van der Waals surface area contributed by atoms with Crippen LogP contribution >= 0.6 is 0 Å². The molecule has 0 heterocycles. The van der Waals surface area contributed by atoms with E-state index in [0.29, 0.717) is 0 Å². The average molecular weight is 367 g/mol. The quantitative estimate of drug-likeness (QED) is 0.436. The van der Waals surface area contributed by atoms with E-state index < -0.39 is 8.07 Å². The van der Waals surface area contributed by atoms with E-state index in [2.05, 4.69) is 110 Å². The maximum Gasteiger partial charge on any atom is 0.179 e. The van der Waals surface area contributed by atoms with Crippen molar-refractivity contribution in [1.29, 1.82) is 0 Å². The van der Waals surface area contributed by atoms with E-state index in [1.807, 2.05) is 0 Å². The summed E-state index contributed by atoms with van der Waals surface area (Å²) in [6, 6.07) is 33.6. The van der Waals surface area contributed by atoms with Crippen molar-refractivity contribution in [3.8, 4) is 0 Å². The first kappa shape index (κ1) is 17.8. The minimum atomic E-state index is -2.30. The van der Waals surface area contributed by atoms with Crippen LogP contribution in [-0.2, 0) is 0 Å². The summed E-state index contributed by atoms with van der Waals surface area (Å²) in [5, 5.41) is 6.00. The highest BCUT2D eigenvalue weighted by Crippen LogP contribution is 2.31. The van der Waals surface area contributed by atoms with Crippen LogP contribution in [0.4, 0.5) is 0 Å². The van der Waals surface area contributed by atoms with Crippen molar-refractivity contribution < 1.29 is 0 Å². The van der Waals surface area contributed by atoms with Crippen LogP contribution in [0.1, 0.15) is 26.2 Å². The zero-order valence-corrected chi connectivity index (χ0v) is 16.9. The summed E-state index contributed by atoms with van der Waals surface area (Å²) >= 11 is 0. The molecule has 0 saturated carbocycles. The average Bonchev–Trinajstić information content (AvgIpc) is 3.20. The summed E-state index contributed by atoms with van der Waals surface area (Å²) in [5.41, 5.74) is 1.56. The molecule has 0 fully saturated rings. The molecule has 3 aromatic rings. The van der Waals surface area contributed by atoms with Crippen molar-refractivity contribution in [2.24, 2.45) is 0 Å². The third-order valence-corrected chi connectivity index (χ3v) is 10.5. The Balaban J connectivity index is 2.06. The van der Waals surface area contributed by atoms with Crippen molar-refractivity contribution in [2.75, 3.05) is 0 Å². The summed E-state index contributed by atoms with van der Waals surface area (Å²) in [6.07, 6.45) is 8.37. The van der Waals surface area contributed by atoms with Gasteiger partial charge < -0.3 is 0 Å². The number of hydrogen-bond donors (Lipinski definition) is 0. The Labute approximate surface area is 163 Å². The first-order chi connectivity index (χ1) is 13.4. The molecule has 0 bridgehead atoms. The number of rotatable bonds is 6. The Morgan fingerprint density at radius 2 is 1.07 bits per heavy atom. The monoisotopic (exact) mass is 366 g/mol. The van der Waals surface area contributed by atoms with E-state index in [0.717, 1.165) is 12.8 Å². The Bertz CT molecular complexity index is 841. The maximum atomic E-state index is 2.50. The summed E-state index contributed by atoms with van der Waals surface area (Å²) in [4.78, 5) is 0. The standard InChI is InChI=1S/C26H26Si/c1-2-13-22-14-12-21-26(22)27(23-15-6-3-7-16-23,24-17-8-4-9-18-24)25-19-10-5-11-20-25/h3-11,14-21H,2,12-13H2,1H3. The summed E-state index contributed by atoms with van der Waals surface area (Å²) in [6.45, 7) is 2.29. The van der Waals surface area contributed by atoms with Crippen LogP contribution in [0.2, 0.25) is 0 Å². The number of benzene rings is 3. The van der Waals surface area contributed by atoms with Crippen LogP contribution in [0.15, 0.2) is 114 Å². The molecule has 134 valence electrons. The molecule has 0 N–H and O–H groups in total. The Hall–Kier alpha value is -2.64. The highest BCUT2D eigenvalue weighted by atomic mass is 28.3. The van der Waals surface area contributed by atoms with Gasteiger partial charge in [-0.05, 0) is 33.6 Å². The van der Waals surface area contributed by atoms with Crippen molar-refractivity contribution >= 4 is 23.6 Å². The van der Waals surface area contributed by atoms with Crippen LogP contribution in [-0.4, -0.2) is 8.07 Å². The molecule has 1 aliphatic carbocycles. The van der Waals surface area contributed by atoms with Crippen LogP contribution < -0.4 is 15.6 Å². The first-order valence-corrected chi connectivity index (χ1v) is 11.9. The fourth-order valence-electron chi connectivity index (χ4n) is 4.49. The molecule has 0 aliphatic heterocycles. The normalized spacial score (nSPS) is 14.0. The largest absolute Gasteiger partial charge is 0.179 e. The molecular formula is C26H26Si. The predicted molar refractivity (Wildman–Crippen MR) is 120 cm³/mol. The van der Waals surface area contributed by atoms with E-state index in [1.165, 1.54) is 22.0 Å². The number of allylic oxidation sites excluding steroid dienone is 4. The van der Waals surface area contributed by atoms with Crippen molar-refractivity contribution in [2.45, 2.75) is 26.2 Å². The van der Waals surface area contributed by atoms with Gasteiger partial charge in [-0.1, -0.05) is 122 Å². The van der Waals surface area contributed by atoms with Gasteiger partial charge in [0.25, 0.3) is 0 Å². The van der Waals surface area contributed by atoms with Crippen LogP contribution in [0, 0.1) is 0 Å². The van der Waals surface area contributed by atoms with E-state index in [1.54, 1.807) is 10.8 Å². The molecule has 0 unspecified atom stereocenters. The van der Waals surface area contributed by atoms with Gasteiger partial charge in [0.1, 0.15) is 0 Å². The minimum absolute atomic E-state index is 1.06. The van der Waals surface area contributed by atoms with Crippen LogP contribution in [0.3, 0.4) is 0 Å². The molecule has 0 nitrogen and oxygen atoms in total. The first-order valence-electron chi connectivity index (χ1n) is 9.94. The molecule has 27 heavy (non-hydrogen) atoms. The molecule has 0 radical (unpaired) electrons. The van der Waals surface area contributed by atoms with Crippen molar-refractivity contribution in [3.05, 3.63) is 114 Å². The van der Waals surface area contributed by atoms with E-state index in [9.17, 15) is 0 Å². The lowest BCUT2D eigenvalue weighted by atomic mass is 10.2. The molecule has 0 atom stereocenters. The Kier molecular flexibility index (Phi) is 5.22. The second-order valence-corrected chi connectivity index (χ2v) is 11.0. The van der Waals surface area contributed by atoms with E-state index in [-0.39, 0.29) is 0 Å². The molecule has 0 amide bonds. The molecule has 1 heteroatoms. The van der Waals surface area contributed by atoms with Crippen LogP contribution in [0.5, 0.6) is 0 Å². The van der Waals surface area contributed by atoms with Crippen molar-refractivity contribution in [3.63, 3.8) is 0 Å². The Morgan fingerprint density at radius 1 is 0.630 bits per heavy atom. The fraction of sp³-hybridized carbons (Fsp3) is 0.154. The van der Waals surface area contributed by atoms with Gasteiger partial charge in [0.05, 0.1) is 0 Å².